The van der Waals surface area contributed by atoms with Crippen molar-refractivity contribution in [3.8, 4) is 0 Å². The predicted molar refractivity (Wildman–Crippen MR) is 77.2 cm³/mol. The van der Waals surface area contributed by atoms with E-state index in [1.54, 1.807) is 13.8 Å². The van der Waals surface area contributed by atoms with Gasteiger partial charge in [0.2, 0.25) is 0 Å². The fourth-order valence-electron chi connectivity index (χ4n) is 3.12. The van der Waals surface area contributed by atoms with Gasteiger partial charge in [-0.05, 0) is 27.2 Å². The van der Waals surface area contributed by atoms with E-state index in [1.807, 2.05) is 25.1 Å². The van der Waals surface area contributed by atoms with E-state index < -0.39 is 0 Å². The minimum atomic E-state index is 0.0136. The molecule has 1 unspecified atom stereocenters. The maximum atomic E-state index is 12.6. The van der Waals surface area contributed by atoms with Crippen LogP contribution in [0.15, 0.2) is 10.7 Å². The van der Waals surface area contributed by atoms with Gasteiger partial charge in [0.25, 0.3) is 5.91 Å². The van der Waals surface area contributed by atoms with Gasteiger partial charge >= 0.3 is 0 Å². The largest absolute Gasteiger partial charge is 0.361 e. The average molecular weight is 288 g/mol. The van der Waals surface area contributed by atoms with Crippen molar-refractivity contribution in [3.63, 3.8) is 0 Å². The summed E-state index contributed by atoms with van der Waals surface area (Å²) in [5, 5.41) is 3.86. The molecule has 0 spiro atoms. The van der Waals surface area contributed by atoms with E-state index in [4.69, 9.17) is 4.52 Å². The second-order valence-corrected chi connectivity index (χ2v) is 5.79. The minimum absolute atomic E-state index is 0.0136. The number of likely N-dealkylation sites (tertiary alicyclic amines) is 1. The molecule has 1 saturated heterocycles. The van der Waals surface area contributed by atoms with Crippen molar-refractivity contribution >= 4 is 5.91 Å². The number of carbonyl (C=O) groups is 1. The molecule has 0 N–H and O–H groups in total. The molecule has 1 atom stereocenters. The first-order valence-electron chi connectivity index (χ1n) is 7.19. The van der Waals surface area contributed by atoms with Crippen LogP contribution in [0.1, 0.15) is 45.7 Å². The number of aromatic nitrogens is 3. The SMILES string of the molecule is Cc1cn(C)c(C2CCN(C(=O)c3c(C)noc3C)C2)n1. The van der Waals surface area contributed by atoms with Crippen molar-refractivity contribution < 1.29 is 9.32 Å². The lowest BCUT2D eigenvalue weighted by atomic mass is 10.1. The summed E-state index contributed by atoms with van der Waals surface area (Å²) >= 11 is 0. The van der Waals surface area contributed by atoms with Crippen molar-refractivity contribution in [2.24, 2.45) is 7.05 Å². The molecule has 112 valence electrons. The van der Waals surface area contributed by atoms with Gasteiger partial charge < -0.3 is 14.0 Å². The zero-order chi connectivity index (χ0) is 15.1. The van der Waals surface area contributed by atoms with Crippen LogP contribution in [0.4, 0.5) is 0 Å². The average Bonchev–Trinajstić information content (AvgIpc) is 3.10. The zero-order valence-electron chi connectivity index (χ0n) is 12.9. The fraction of sp³-hybridized carbons (Fsp3) is 0.533. The maximum absolute atomic E-state index is 12.6. The van der Waals surface area contributed by atoms with E-state index in [2.05, 4.69) is 14.7 Å². The molecule has 0 radical (unpaired) electrons. The third-order valence-corrected chi connectivity index (χ3v) is 4.12. The minimum Gasteiger partial charge on any atom is -0.361 e. The first-order chi connectivity index (χ1) is 9.97. The van der Waals surface area contributed by atoms with Crippen LogP contribution in [0.2, 0.25) is 0 Å². The van der Waals surface area contributed by atoms with Gasteiger partial charge in [-0.3, -0.25) is 4.79 Å². The summed E-state index contributed by atoms with van der Waals surface area (Å²) in [6.45, 7) is 7.03. The van der Waals surface area contributed by atoms with Gasteiger partial charge in [0, 0.05) is 32.3 Å². The number of aryl methyl sites for hydroxylation is 4. The van der Waals surface area contributed by atoms with Crippen LogP contribution < -0.4 is 0 Å². The van der Waals surface area contributed by atoms with Crippen LogP contribution in [0.5, 0.6) is 0 Å². The summed E-state index contributed by atoms with van der Waals surface area (Å²) in [5.74, 6) is 1.96. The predicted octanol–water partition coefficient (Wildman–Crippen LogP) is 1.96. The second kappa shape index (κ2) is 5.02. The normalized spacial score (nSPS) is 18.5. The van der Waals surface area contributed by atoms with Crippen LogP contribution in [-0.4, -0.2) is 38.6 Å². The van der Waals surface area contributed by atoms with Gasteiger partial charge in [-0.25, -0.2) is 4.98 Å². The van der Waals surface area contributed by atoms with Gasteiger partial charge in [0.1, 0.15) is 17.1 Å². The quantitative estimate of drug-likeness (QED) is 0.847. The van der Waals surface area contributed by atoms with E-state index >= 15 is 0 Å². The van der Waals surface area contributed by atoms with Gasteiger partial charge in [-0.1, -0.05) is 5.16 Å². The van der Waals surface area contributed by atoms with Crippen molar-refractivity contribution in [1.29, 1.82) is 0 Å². The Morgan fingerprint density at radius 1 is 1.38 bits per heavy atom. The summed E-state index contributed by atoms with van der Waals surface area (Å²) in [4.78, 5) is 19.1. The third-order valence-electron chi connectivity index (χ3n) is 4.12. The summed E-state index contributed by atoms with van der Waals surface area (Å²) in [7, 11) is 2.01. The number of carbonyl (C=O) groups excluding carboxylic acids is 1. The highest BCUT2D eigenvalue weighted by atomic mass is 16.5. The molecular formula is C15H20N4O2. The topological polar surface area (TPSA) is 64.2 Å². The Hall–Kier alpha value is -2.11. The van der Waals surface area contributed by atoms with E-state index in [0.717, 1.165) is 24.5 Å². The Bertz CT molecular complexity index is 666. The molecule has 0 bridgehead atoms. The number of hydrogen-bond donors (Lipinski definition) is 0. The molecule has 1 aliphatic heterocycles. The summed E-state index contributed by atoms with van der Waals surface area (Å²) in [6, 6.07) is 0. The van der Waals surface area contributed by atoms with Crippen molar-refractivity contribution in [2.75, 3.05) is 13.1 Å². The lowest BCUT2D eigenvalue weighted by Gasteiger charge is -2.16. The highest BCUT2D eigenvalue weighted by molar-refractivity contribution is 5.96. The smallest absolute Gasteiger partial charge is 0.259 e. The number of imidazole rings is 1. The lowest BCUT2D eigenvalue weighted by Crippen LogP contribution is -2.29. The molecule has 0 aromatic carbocycles. The van der Waals surface area contributed by atoms with Crippen molar-refractivity contribution in [2.45, 2.75) is 33.1 Å². The molecule has 1 amide bonds. The molecule has 3 heterocycles. The maximum Gasteiger partial charge on any atom is 0.259 e. The summed E-state index contributed by atoms with van der Waals surface area (Å²) < 4.78 is 7.16. The van der Waals surface area contributed by atoms with E-state index in [1.165, 1.54) is 0 Å². The zero-order valence-corrected chi connectivity index (χ0v) is 12.9. The van der Waals surface area contributed by atoms with Gasteiger partial charge in [0.05, 0.1) is 11.4 Å². The standard InChI is InChI=1S/C15H20N4O2/c1-9-7-18(4)14(16-9)12-5-6-19(8-12)15(20)13-10(2)17-21-11(13)3/h7,12H,5-6,8H2,1-4H3. The highest BCUT2D eigenvalue weighted by Gasteiger charge is 2.32. The highest BCUT2D eigenvalue weighted by Crippen LogP contribution is 2.28. The molecule has 1 aliphatic rings. The Labute approximate surface area is 123 Å². The monoisotopic (exact) mass is 288 g/mol. The van der Waals surface area contributed by atoms with Crippen molar-refractivity contribution in [1.82, 2.24) is 19.6 Å². The number of nitrogens with zero attached hydrogens (tertiary/aromatic N) is 4. The lowest BCUT2D eigenvalue weighted by molar-refractivity contribution is 0.0788. The Kier molecular flexibility index (Phi) is 3.31. The van der Waals surface area contributed by atoms with Crippen LogP contribution >= 0.6 is 0 Å². The molecule has 6 heteroatoms. The van der Waals surface area contributed by atoms with Gasteiger partial charge in [-0.15, -0.1) is 0 Å². The molecule has 2 aromatic rings. The second-order valence-electron chi connectivity index (χ2n) is 5.79. The van der Waals surface area contributed by atoms with Crippen LogP contribution in [0.25, 0.3) is 0 Å². The van der Waals surface area contributed by atoms with E-state index in [0.29, 0.717) is 29.5 Å². The Morgan fingerprint density at radius 2 is 2.14 bits per heavy atom. The molecule has 0 saturated carbocycles. The van der Waals surface area contributed by atoms with E-state index in [-0.39, 0.29) is 5.91 Å². The summed E-state index contributed by atoms with van der Waals surface area (Å²) in [5.41, 5.74) is 2.28. The number of amides is 1. The number of rotatable bonds is 2. The molecule has 3 rings (SSSR count). The first kappa shape index (κ1) is 13.9. The molecular weight excluding hydrogens is 268 g/mol. The van der Waals surface area contributed by atoms with Crippen LogP contribution in [0, 0.1) is 20.8 Å². The van der Waals surface area contributed by atoms with Gasteiger partial charge in [-0.2, -0.15) is 0 Å². The first-order valence-corrected chi connectivity index (χ1v) is 7.19. The molecule has 6 nitrogen and oxygen atoms in total. The molecule has 21 heavy (non-hydrogen) atoms. The molecule has 0 aliphatic carbocycles. The third kappa shape index (κ3) is 2.34. The Balaban J connectivity index is 1.78. The van der Waals surface area contributed by atoms with E-state index in [9.17, 15) is 4.79 Å². The Morgan fingerprint density at radius 3 is 2.71 bits per heavy atom. The van der Waals surface area contributed by atoms with Crippen LogP contribution in [-0.2, 0) is 7.05 Å². The molecule has 2 aromatic heterocycles. The number of hydrogen-bond acceptors (Lipinski definition) is 4. The van der Waals surface area contributed by atoms with Crippen LogP contribution in [0.3, 0.4) is 0 Å². The fourth-order valence-corrected chi connectivity index (χ4v) is 3.12. The molecule has 1 fully saturated rings. The summed E-state index contributed by atoms with van der Waals surface area (Å²) in [6.07, 6.45) is 2.97. The van der Waals surface area contributed by atoms with Crippen molar-refractivity contribution in [3.05, 3.63) is 34.7 Å². The van der Waals surface area contributed by atoms with Gasteiger partial charge in [0.15, 0.2) is 0 Å².